The Hall–Kier alpha value is 0.01000. The van der Waals surface area contributed by atoms with E-state index in [2.05, 4.69) is 74.1 Å². The van der Waals surface area contributed by atoms with Crippen molar-refractivity contribution in [1.29, 1.82) is 0 Å². The fourth-order valence-corrected chi connectivity index (χ4v) is 3.27. The number of hydrogen-bond donors (Lipinski definition) is 1. The van der Waals surface area contributed by atoms with E-state index in [0.29, 0.717) is 5.92 Å². The number of thioether (sulfide) groups is 1. The maximum atomic E-state index is 3.67. The predicted molar refractivity (Wildman–Crippen MR) is 86.3 cm³/mol. The molecule has 0 aliphatic carbocycles. The second-order valence-corrected chi connectivity index (χ2v) is 8.75. The Morgan fingerprint density at radius 3 is 2.44 bits per heavy atom. The topological polar surface area (TPSA) is 12.0 Å². The summed E-state index contributed by atoms with van der Waals surface area (Å²) in [6, 6.07) is 6.65. The molecule has 0 fully saturated rings. The molecule has 1 N–H and O–H groups in total. The van der Waals surface area contributed by atoms with Crippen LogP contribution >= 0.6 is 27.7 Å². The zero-order valence-corrected chi connectivity index (χ0v) is 14.4. The van der Waals surface area contributed by atoms with E-state index < -0.39 is 0 Å². The standard InChI is InChI=1S/C15H24BrNS/c1-11(2)9-17-10-12-6-7-13(8-14(12)16)18-15(3,4)5/h6-8,11,17H,9-10H2,1-5H3. The average Bonchev–Trinajstić information content (AvgIpc) is 2.18. The quantitative estimate of drug-likeness (QED) is 0.755. The minimum atomic E-state index is 0.261. The van der Waals surface area contributed by atoms with Crippen molar-refractivity contribution < 1.29 is 0 Å². The predicted octanol–water partition coefficient (Wildman–Crippen LogP) is 5.09. The van der Waals surface area contributed by atoms with E-state index in [1.807, 2.05) is 11.8 Å². The Morgan fingerprint density at radius 2 is 1.94 bits per heavy atom. The second-order valence-electron chi connectivity index (χ2n) is 5.99. The summed E-state index contributed by atoms with van der Waals surface area (Å²) in [5, 5.41) is 3.47. The van der Waals surface area contributed by atoms with Gasteiger partial charge in [0, 0.05) is 20.7 Å². The molecule has 18 heavy (non-hydrogen) atoms. The van der Waals surface area contributed by atoms with Gasteiger partial charge in [-0.25, -0.2) is 0 Å². The number of rotatable bonds is 5. The molecule has 0 saturated heterocycles. The minimum absolute atomic E-state index is 0.261. The first-order valence-corrected chi connectivity index (χ1v) is 8.07. The van der Waals surface area contributed by atoms with Crippen molar-refractivity contribution in [3.63, 3.8) is 0 Å². The van der Waals surface area contributed by atoms with Gasteiger partial charge in [-0.15, -0.1) is 11.8 Å². The van der Waals surface area contributed by atoms with Crippen molar-refractivity contribution in [2.24, 2.45) is 5.92 Å². The fraction of sp³-hybridized carbons (Fsp3) is 0.600. The summed E-state index contributed by atoms with van der Waals surface area (Å²) in [6.07, 6.45) is 0. The zero-order valence-electron chi connectivity index (χ0n) is 12.0. The SMILES string of the molecule is CC(C)CNCc1ccc(SC(C)(C)C)cc1Br. The molecule has 0 amide bonds. The molecule has 0 atom stereocenters. The Morgan fingerprint density at radius 1 is 1.28 bits per heavy atom. The molecular weight excluding hydrogens is 306 g/mol. The van der Waals surface area contributed by atoms with Crippen molar-refractivity contribution in [3.05, 3.63) is 28.2 Å². The highest BCUT2D eigenvalue weighted by atomic mass is 79.9. The van der Waals surface area contributed by atoms with Gasteiger partial charge in [-0.1, -0.05) is 56.6 Å². The van der Waals surface area contributed by atoms with Crippen LogP contribution in [0.2, 0.25) is 0 Å². The Kier molecular flexibility index (Phi) is 6.22. The number of halogens is 1. The molecule has 3 heteroatoms. The summed E-state index contributed by atoms with van der Waals surface area (Å²) in [4.78, 5) is 1.32. The van der Waals surface area contributed by atoms with Gasteiger partial charge >= 0.3 is 0 Å². The summed E-state index contributed by atoms with van der Waals surface area (Å²) in [5.41, 5.74) is 1.33. The third-order valence-electron chi connectivity index (χ3n) is 2.32. The van der Waals surface area contributed by atoms with Crippen molar-refractivity contribution in [2.45, 2.75) is 50.8 Å². The van der Waals surface area contributed by atoms with Gasteiger partial charge in [-0.3, -0.25) is 0 Å². The summed E-state index contributed by atoms with van der Waals surface area (Å²) in [7, 11) is 0. The smallest absolute Gasteiger partial charge is 0.0231 e. The highest BCUT2D eigenvalue weighted by Crippen LogP contribution is 2.34. The van der Waals surface area contributed by atoms with E-state index >= 15 is 0 Å². The molecule has 0 radical (unpaired) electrons. The monoisotopic (exact) mass is 329 g/mol. The van der Waals surface area contributed by atoms with Gasteiger partial charge in [0.2, 0.25) is 0 Å². The van der Waals surface area contributed by atoms with Crippen molar-refractivity contribution >= 4 is 27.7 Å². The minimum Gasteiger partial charge on any atom is -0.312 e. The first-order valence-electron chi connectivity index (χ1n) is 6.46. The molecule has 1 aromatic carbocycles. The van der Waals surface area contributed by atoms with Gasteiger partial charge in [0.05, 0.1) is 0 Å². The van der Waals surface area contributed by atoms with E-state index in [0.717, 1.165) is 13.1 Å². The second kappa shape index (κ2) is 6.97. The first-order chi connectivity index (χ1) is 8.28. The molecule has 1 aromatic rings. The Balaban J connectivity index is 2.62. The molecule has 0 spiro atoms. The maximum absolute atomic E-state index is 3.67. The molecule has 0 saturated carbocycles. The van der Waals surface area contributed by atoms with E-state index in [-0.39, 0.29) is 4.75 Å². The third-order valence-corrected chi connectivity index (χ3v) is 4.16. The Labute approximate surface area is 124 Å². The number of nitrogens with one attached hydrogen (secondary N) is 1. The highest BCUT2D eigenvalue weighted by Gasteiger charge is 2.12. The molecule has 0 heterocycles. The maximum Gasteiger partial charge on any atom is 0.0231 e. The van der Waals surface area contributed by atoms with Crippen LogP contribution in [0.5, 0.6) is 0 Å². The van der Waals surface area contributed by atoms with Crippen molar-refractivity contribution in [1.82, 2.24) is 5.32 Å². The number of benzene rings is 1. The van der Waals surface area contributed by atoms with Crippen LogP contribution in [0.1, 0.15) is 40.2 Å². The molecule has 0 aliphatic heterocycles. The fourth-order valence-electron chi connectivity index (χ4n) is 1.58. The lowest BCUT2D eigenvalue weighted by Gasteiger charge is -2.18. The summed E-state index contributed by atoms with van der Waals surface area (Å²) < 4.78 is 1.46. The van der Waals surface area contributed by atoms with Gasteiger partial charge in [0.1, 0.15) is 0 Å². The zero-order chi connectivity index (χ0) is 13.8. The largest absolute Gasteiger partial charge is 0.312 e. The van der Waals surface area contributed by atoms with Crippen LogP contribution in [0, 0.1) is 5.92 Å². The lowest BCUT2D eigenvalue weighted by Crippen LogP contribution is -2.19. The first kappa shape index (κ1) is 16.1. The highest BCUT2D eigenvalue weighted by molar-refractivity contribution is 9.10. The van der Waals surface area contributed by atoms with Gasteiger partial charge in [-0.05, 0) is 30.2 Å². The molecular formula is C15H24BrNS. The molecule has 102 valence electrons. The van der Waals surface area contributed by atoms with Crippen LogP contribution in [-0.4, -0.2) is 11.3 Å². The number of hydrogen-bond acceptors (Lipinski definition) is 2. The molecule has 0 bridgehead atoms. The molecule has 0 aromatic heterocycles. The normalized spacial score (nSPS) is 12.2. The summed E-state index contributed by atoms with van der Waals surface area (Å²) >= 11 is 5.57. The van der Waals surface area contributed by atoms with Crippen molar-refractivity contribution in [2.75, 3.05) is 6.54 Å². The van der Waals surface area contributed by atoms with Crippen LogP contribution < -0.4 is 5.32 Å². The van der Waals surface area contributed by atoms with E-state index in [1.54, 1.807) is 0 Å². The van der Waals surface area contributed by atoms with E-state index in [1.165, 1.54) is 14.9 Å². The molecule has 1 rings (SSSR count). The van der Waals surface area contributed by atoms with E-state index in [4.69, 9.17) is 0 Å². The van der Waals surface area contributed by atoms with Gasteiger partial charge in [0.25, 0.3) is 0 Å². The molecule has 0 aliphatic rings. The van der Waals surface area contributed by atoms with Crippen LogP contribution in [0.15, 0.2) is 27.6 Å². The molecule has 1 nitrogen and oxygen atoms in total. The van der Waals surface area contributed by atoms with Gasteiger partial charge in [0.15, 0.2) is 0 Å². The Bertz CT molecular complexity index is 383. The third kappa shape index (κ3) is 6.26. The van der Waals surface area contributed by atoms with Crippen LogP contribution in [-0.2, 0) is 6.54 Å². The summed E-state index contributed by atoms with van der Waals surface area (Å²) in [6.45, 7) is 13.2. The van der Waals surface area contributed by atoms with Crippen LogP contribution in [0.3, 0.4) is 0 Å². The average molecular weight is 330 g/mol. The summed E-state index contributed by atoms with van der Waals surface area (Å²) in [5.74, 6) is 0.694. The van der Waals surface area contributed by atoms with Crippen LogP contribution in [0.4, 0.5) is 0 Å². The van der Waals surface area contributed by atoms with Crippen LogP contribution in [0.25, 0.3) is 0 Å². The molecule has 0 unspecified atom stereocenters. The van der Waals surface area contributed by atoms with E-state index in [9.17, 15) is 0 Å². The van der Waals surface area contributed by atoms with Gasteiger partial charge < -0.3 is 5.32 Å². The lowest BCUT2D eigenvalue weighted by atomic mass is 10.2. The van der Waals surface area contributed by atoms with Gasteiger partial charge in [-0.2, -0.15) is 0 Å². The van der Waals surface area contributed by atoms with Crippen molar-refractivity contribution in [3.8, 4) is 0 Å². The lowest BCUT2D eigenvalue weighted by molar-refractivity contribution is 0.551.